The lowest BCUT2D eigenvalue weighted by molar-refractivity contribution is -0.240. The van der Waals surface area contributed by atoms with E-state index >= 15 is 8.78 Å². The molecule has 12 atom stereocenters. The van der Waals surface area contributed by atoms with E-state index in [1.54, 1.807) is 18.7 Å². The minimum absolute atomic E-state index is 0.0432. The third-order valence-electron chi connectivity index (χ3n) is 12.6. The summed E-state index contributed by atoms with van der Waals surface area (Å²) in [4.78, 5) is 13.4. The number of ether oxygens (including phenoxy) is 3. The van der Waals surface area contributed by atoms with Gasteiger partial charge in [-0.15, -0.1) is 11.8 Å². The van der Waals surface area contributed by atoms with Crippen LogP contribution in [0.4, 0.5) is 14.5 Å². The van der Waals surface area contributed by atoms with Gasteiger partial charge in [-0.25, -0.2) is 8.78 Å². The predicted molar refractivity (Wildman–Crippen MR) is 182 cm³/mol. The highest BCUT2D eigenvalue weighted by Gasteiger charge is 2.82. The van der Waals surface area contributed by atoms with Gasteiger partial charge in [-0.3, -0.25) is 4.79 Å². The van der Waals surface area contributed by atoms with Crippen molar-refractivity contribution >= 4 is 23.2 Å². The molecule has 2 aromatic rings. The molecule has 5 fully saturated rings. The minimum atomic E-state index is -2.19. The van der Waals surface area contributed by atoms with Crippen LogP contribution in [-0.2, 0) is 24.8 Å². The van der Waals surface area contributed by atoms with Gasteiger partial charge in [0, 0.05) is 44.7 Å². The molecular formula is C39H45F2NO6S. The number of carbonyl (C=O) groups is 1. The predicted octanol–water partition coefficient (Wildman–Crippen LogP) is 6.64. The van der Waals surface area contributed by atoms with E-state index in [1.807, 2.05) is 19.1 Å². The fourth-order valence-electron chi connectivity index (χ4n) is 10.2. The van der Waals surface area contributed by atoms with Crippen LogP contribution in [0.15, 0.2) is 77.2 Å². The van der Waals surface area contributed by atoms with Crippen molar-refractivity contribution < 1.29 is 38.0 Å². The van der Waals surface area contributed by atoms with Crippen molar-refractivity contribution in [2.45, 2.75) is 112 Å². The van der Waals surface area contributed by atoms with Crippen molar-refractivity contribution in [2.24, 2.45) is 22.7 Å². The molecule has 10 heteroatoms. The molecule has 262 valence electrons. The summed E-state index contributed by atoms with van der Waals surface area (Å²) < 4.78 is 53.4. The van der Waals surface area contributed by atoms with E-state index in [0.29, 0.717) is 12.5 Å². The fourth-order valence-corrected chi connectivity index (χ4v) is 11.1. The van der Waals surface area contributed by atoms with Gasteiger partial charge in [-0.2, -0.15) is 0 Å². The van der Waals surface area contributed by atoms with Gasteiger partial charge in [0.2, 0.25) is 0 Å². The van der Waals surface area contributed by atoms with Crippen LogP contribution < -0.4 is 5.32 Å². The molecule has 3 N–H and O–H groups in total. The molecule has 0 bridgehead atoms. The molecule has 2 saturated heterocycles. The molecule has 2 aliphatic heterocycles. The number of hydrogen-bond donors (Lipinski definition) is 3. The SMILES string of the molecule is CC(C)Nc1ccc(SCc2ccc([C@H]3O[C@@H]4C[C@H]5[C@@H]6C[C@H](F)C7=CC(=O)C=C[C@]7(C)[C@@]6(F)[C@@H](O)C[C@]5(C)[C@]4(C4OC4CO)O3)cc2)cc1. The average molecular weight is 694 g/mol. The van der Waals surface area contributed by atoms with Crippen LogP contribution in [0.25, 0.3) is 0 Å². The zero-order valence-electron chi connectivity index (χ0n) is 28.3. The summed E-state index contributed by atoms with van der Waals surface area (Å²) in [5, 5.41) is 25.4. The molecule has 7 nitrogen and oxygen atoms in total. The Morgan fingerprint density at radius 2 is 1.78 bits per heavy atom. The maximum Gasteiger partial charge on any atom is 0.185 e. The lowest BCUT2D eigenvalue weighted by Gasteiger charge is -2.63. The van der Waals surface area contributed by atoms with E-state index < -0.39 is 70.8 Å². The van der Waals surface area contributed by atoms with Gasteiger partial charge in [-0.1, -0.05) is 37.3 Å². The molecule has 0 amide bonds. The largest absolute Gasteiger partial charge is 0.394 e. The first-order valence-electron chi connectivity index (χ1n) is 17.5. The molecule has 6 aliphatic rings. The van der Waals surface area contributed by atoms with Crippen LogP contribution in [0.5, 0.6) is 0 Å². The van der Waals surface area contributed by atoms with Gasteiger partial charge < -0.3 is 29.7 Å². The molecule has 4 aliphatic carbocycles. The number of aliphatic hydroxyl groups excluding tert-OH is 2. The number of aliphatic hydroxyl groups is 2. The molecule has 49 heavy (non-hydrogen) atoms. The molecule has 2 aromatic carbocycles. The molecule has 3 saturated carbocycles. The maximum absolute atomic E-state index is 17.7. The van der Waals surface area contributed by atoms with Crippen molar-refractivity contribution in [1.82, 2.24) is 0 Å². The van der Waals surface area contributed by atoms with Crippen molar-refractivity contribution in [3.8, 4) is 0 Å². The van der Waals surface area contributed by atoms with Crippen molar-refractivity contribution in [2.75, 3.05) is 11.9 Å². The van der Waals surface area contributed by atoms with Gasteiger partial charge in [0.1, 0.15) is 24.0 Å². The Kier molecular flexibility index (Phi) is 8.02. The number of ketones is 1. The number of carbonyl (C=O) groups excluding carboxylic acids is 1. The quantitative estimate of drug-likeness (QED) is 0.209. The lowest BCUT2D eigenvalue weighted by Crippen LogP contribution is -2.70. The number of anilines is 1. The highest BCUT2D eigenvalue weighted by molar-refractivity contribution is 7.98. The minimum Gasteiger partial charge on any atom is -0.394 e. The van der Waals surface area contributed by atoms with E-state index in [2.05, 4.69) is 55.6 Å². The van der Waals surface area contributed by atoms with Gasteiger partial charge in [0.25, 0.3) is 0 Å². The molecule has 0 radical (unpaired) electrons. The van der Waals surface area contributed by atoms with Gasteiger partial charge >= 0.3 is 0 Å². The Balaban J connectivity index is 1.04. The number of nitrogens with one attached hydrogen (secondary N) is 1. The smallest absolute Gasteiger partial charge is 0.185 e. The van der Waals surface area contributed by atoms with Gasteiger partial charge in [-0.05, 0) is 93.5 Å². The standard InChI is InChI=1S/C39H45F2NO6S/c1-21(2)42-24-9-11-26(12-10-24)49-20-22-5-7-23(8-6-22)35-47-33-17-27-28-16-30(40)29-15-25(44)13-14-36(29,3)38(28,41)32(45)18-37(27,4)39(33,48-35)34-31(19-43)46-34/h5-15,21,27-28,30-35,42-43,45H,16-20H2,1-4H3/t27-,28-,30-,31?,32-,33+,34?,35-,36-,37-,38-,39-/m0/s1. The Labute approximate surface area is 290 Å². The van der Waals surface area contributed by atoms with Crippen molar-refractivity contribution in [3.05, 3.63) is 83.5 Å². The van der Waals surface area contributed by atoms with E-state index in [0.717, 1.165) is 22.6 Å². The molecule has 8 rings (SSSR count). The second-order valence-electron chi connectivity index (χ2n) is 15.6. The zero-order chi connectivity index (χ0) is 34.5. The summed E-state index contributed by atoms with van der Waals surface area (Å²) in [6.07, 6.45) is -0.933. The van der Waals surface area contributed by atoms with E-state index in [9.17, 15) is 15.0 Å². The first-order chi connectivity index (χ1) is 23.3. The van der Waals surface area contributed by atoms with Crippen molar-refractivity contribution in [3.63, 3.8) is 0 Å². The summed E-state index contributed by atoms with van der Waals surface area (Å²) >= 11 is 1.76. The Hall–Kier alpha value is -2.60. The highest BCUT2D eigenvalue weighted by Crippen LogP contribution is 2.74. The summed E-state index contributed by atoms with van der Waals surface area (Å²) in [5.41, 5.74) is -2.39. The van der Waals surface area contributed by atoms with Crippen molar-refractivity contribution in [1.29, 1.82) is 0 Å². The number of epoxide rings is 1. The van der Waals surface area contributed by atoms with Gasteiger partial charge in [0.05, 0.1) is 18.8 Å². The molecule has 2 unspecified atom stereocenters. The fraction of sp³-hybridized carbons (Fsp3) is 0.564. The number of thioether (sulfide) groups is 1. The molecule has 0 aromatic heterocycles. The Morgan fingerprint density at radius 1 is 1.04 bits per heavy atom. The first kappa shape index (κ1) is 33.5. The number of rotatable bonds is 8. The topological polar surface area (TPSA) is 101 Å². The first-order valence-corrected chi connectivity index (χ1v) is 18.5. The number of fused-ring (bicyclic) bond motifs is 7. The molecular weight excluding hydrogens is 648 g/mol. The average Bonchev–Trinajstić information content (AvgIpc) is 3.70. The van der Waals surface area contributed by atoms with Crippen LogP contribution in [0.2, 0.25) is 0 Å². The highest BCUT2D eigenvalue weighted by atomic mass is 32.2. The van der Waals surface area contributed by atoms with Crippen LogP contribution >= 0.6 is 11.8 Å². The van der Waals surface area contributed by atoms with E-state index in [-0.39, 0.29) is 30.8 Å². The van der Waals surface area contributed by atoms with Crippen LogP contribution in [-0.4, -0.2) is 70.5 Å². The number of allylic oxidation sites excluding steroid dienone is 4. The maximum atomic E-state index is 17.7. The monoisotopic (exact) mass is 693 g/mol. The summed E-state index contributed by atoms with van der Waals surface area (Å²) in [5.74, 6) is -0.821. The summed E-state index contributed by atoms with van der Waals surface area (Å²) in [7, 11) is 0. The Morgan fingerprint density at radius 3 is 2.45 bits per heavy atom. The molecule has 2 heterocycles. The third-order valence-corrected chi connectivity index (χ3v) is 13.7. The number of benzene rings is 2. The third kappa shape index (κ3) is 4.88. The van der Waals surface area contributed by atoms with Gasteiger partial charge in [0.15, 0.2) is 17.7 Å². The lowest BCUT2D eigenvalue weighted by atomic mass is 9.44. The zero-order valence-corrected chi connectivity index (χ0v) is 29.1. The second-order valence-corrected chi connectivity index (χ2v) is 16.6. The molecule has 0 spiro atoms. The van der Waals surface area contributed by atoms with Crippen LogP contribution in [0.1, 0.15) is 64.4 Å². The Bertz CT molecular complexity index is 1680. The number of hydrogen-bond acceptors (Lipinski definition) is 8. The number of halogens is 2. The summed E-state index contributed by atoms with van der Waals surface area (Å²) in [6, 6.07) is 16.9. The second kappa shape index (κ2) is 11.7. The van der Waals surface area contributed by atoms with Crippen LogP contribution in [0, 0.1) is 22.7 Å². The van der Waals surface area contributed by atoms with E-state index in [1.165, 1.54) is 23.1 Å². The summed E-state index contributed by atoms with van der Waals surface area (Å²) in [6.45, 7) is 7.63. The normalized spacial score (nSPS) is 43.4. The van der Waals surface area contributed by atoms with E-state index in [4.69, 9.17) is 14.2 Å². The van der Waals surface area contributed by atoms with Crippen LogP contribution in [0.3, 0.4) is 0 Å². The number of alkyl halides is 2.